The number of benzene rings is 1. The Labute approximate surface area is 133 Å². The topological polar surface area (TPSA) is 91.3 Å². The van der Waals surface area contributed by atoms with Gasteiger partial charge in [0.15, 0.2) is 10.2 Å². The van der Waals surface area contributed by atoms with E-state index in [-0.39, 0.29) is 5.69 Å². The lowest BCUT2D eigenvalue weighted by molar-refractivity contribution is -0.384. The number of nitrogens with one attached hydrogen (secondary N) is 4. The zero-order valence-electron chi connectivity index (χ0n) is 11.5. The van der Waals surface area contributed by atoms with E-state index in [1.807, 2.05) is 0 Å². The molecule has 9 heteroatoms. The van der Waals surface area contributed by atoms with Gasteiger partial charge < -0.3 is 10.6 Å². The molecule has 21 heavy (non-hydrogen) atoms. The van der Waals surface area contributed by atoms with Crippen molar-refractivity contribution < 1.29 is 4.92 Å². The monoisotopic (exact) mass is 327 g/mol. The summed E-state index contributed by atoms with van der Waals surface area (Å²) in [4.78, 5) is 10.1. The van der Waals surface area contributed by atoms with Crippen LogP contribution in [0.3, 0.4) is 0 Å². The molecule has 0 fully saturated rings. The fourth-order valence-corrected chi connectivity index (χ4v) is 1.69. The molecule has 0 spiro atoms. The predicted molar refractivity (Wildman–Crippen MR) is 91.1 cm³/mol. The summed E-state index contributed by atoms with van der Waals surface area (Å²) in [5.74, 6) is 0. The standard InChI is InChI=1S/C12H17N5O2S2/c1-2-3-8-13-11(20)15-16-12(21)14-9-4-6-10(7-5-9)17(18)19/h4-7H,2-3,8H2,1H3,(H2,13,15,20)(H2,14,16,21). The highest BCUT2D eigenvalue weighted by Crippen LogP contribution is 2.14. The lowest BCUT2D eigenvalue weighted by Gasteiger charge is -2.14. The van der Waals surface area contributed by atoms with Crippen molar-refractivity contribution in [3.63, 3.8) is 0 Å². The summed E-state index contributed by atoms with van der Waals surface area (Å²) in [5.41, 5.74) is 6.15. The zero-order chi connectivity index (χ0) is 15.7. The third-order valence-corrected chi connectivity index (χ3v) is 2.89. The number of nitro groups is 1. The maximum atomic E-state index is 10.5. The summed E-state index contributed by atoms with van der Waals surface area (Å²) in [7, 11) is 0. The highest BCUT2D eigenvalue weighted by atomic mass is 32.1. The third-order valence-electron chi connectivity index (χ3n) is 2.44. The normalized spacial score (nSPS) is 9.57. The van der Waals surface area contributed by atoms with Crippen molar-refractivity contribution in [1.82, 2.24) is 16.2 Å². The van der Waals surface area contributed by atoms with Crippen molar-refractivity contribution in [1.29, 1.82) is 0 Å². The summed E-state index contributed by atoms with van der Waals surface area (Å²) >= 11 is 10.1. The van der Waals surface area contributed by atoms with Gasteiger partial charge in [-0.15, -0.1) is 0 Å². The molecule has 0 aliphatic rings. The molecule has 0 heterocycles. The molecule has 1 rings (SSSR count). The Hall–Kier alpha value is -2.00. The first kappa shape index (κ1) is 17.1. The number of hydrazine groups is 1. The molecular formula is C12H17N5O2S2. The van der Waals surface area contributed by atoms with E-state index >= 15 is 0 Å². The molecule has 0 unspecified atom stereocenters. The minimum atomic E-state index is -0.456. The summed E-state index contributed by atoms with van der Waals surface area (Å²) in [6.45, 7) is 2.90. The lowest BCUT2D eigenvalue weighted by Crippen LogP contribution is -2.48. The van der Waals surface area contributed by atoms with E-state index in [0.29, 0.717) is 15.9 Å². The maximum absolute atomic E-state index is 10.5. The van der Waals surface area contributed by atoms with Gasteiger partial charge >= 0.3 is 0 Å². The van der Waals surface area contributed by atoms with Crippen molar-refractivity contribution in [2.24, 2.45) is 0 Å². The average molecular weight is 327 g/mol. The number of rotatable bonds is 5. The van der Waals surface area contributed by atoms with Gasteiger partial charge in [0.05, 0.1) is 4.92 Å². The first-order valence-corrected chi connectivity index (χ1v) is 7.20. The second kappa shape index (κ2) is 9.03. The third kappa shape index (κ3) is 6.82. The summed E-state index contributed by atoms with van der Waals surface area (Å²) < 4.78 is 0. The fraction of sp³-hybridized carbons (Fsp3) is 0.333. The fourth-order valence-electron chi connectivity index (χ4n) is 1.37. The molecule has 114 valence electrons. The highest BCUT2D eigenvalue weighted by Gasteiger charge is 2.04. The van der Waals surface area contributed by atoms with E-state index in [0.717, 1.165) is 19.4 Å². The number of hydrogen-bond donors (Lipinski definition) is 4. The van der Waals surface area contributed by atoms with Crippen molar-refractivity contribution in [2.75, 3.05) is 11.9 Å². The SMILES string of the molecule is CCCCNC(=S)NNC(=S)Nc1ccc([N+](=O)[O-])cc1. The zero-order valence-corrected chi connectivity index (χ0v) is 13.1. The second-order valence-corrected chi connectivity index (χ2v) is 4.93. The number of nitro benzene ring substituents is 1. The Morgan fingerprint density at radius 1 is 1.19 bits per heavy atom. The van der Waals surface area contributed by atoms with Crippen LogP contribution in [0.15, 0.2) is 24.3 Å². The van der Waals surface area contributed by atoms with Crippen LogP contribution >= 0.6 is 24.4 Å². The first-order chi connectivity index (χ1) is 10.0. The van der Waals surface area contributed by atoms with E-state index in [1.54, 1.807) is 12.1 Å². The van der Waals surface area contributed by atoms with Crippen molar-refractivity contribution in [3.05, 3.63) is 34.4 Å². The molecule has 4 N–H and O–H groups in total. The molecule has 0 aromatic heterocycles. The largest absolute Gasteiger partial charge is 0.361 e. The smallest absolute Gasteiger partial charge is 0.269 e. The van der Waals surface area contributed by atoms with Crippen LogP contribution < -0.4 is 21.5 Å². The van der Waals surface area contributed by atoms with E-state index in [4.69, 9.17) is 24.4 Å². The number of unbranched alkanes of at least 4 members (excludes halogenated alkanes) is 1. The van der Waals surface area contributed by atoms with Crippen LogP contribution in [0.2, 0.25) is 0 Å². The predicted octanol–water partition coefficient (Wildman–Crippen LogP) is 2.06. The van der Waals surface area contributed by atoms with Crippen molar-refractivity contribution >= 4 is 46.0 Å². The van der Waals surface area contributed by atoms with Gasteiger partial charge in [-0.25, -0.2) is 0 Å². The Balaban J connectivity index is 2.33. The van der Waals surface area contributed by atoms with Crippen molar-refractivity contribution in [3.8, 4) is 0 Å². The Bertz CT molecular complexity index is 507. The van der Waals surface area contributed by atoms with Crippen LogP contribution in [-0.2, 0) is 0 Å². The lowest BCUT2D eigenvalue weighted by atomic mass is 10.3. The molecular weight excluding hydrogens is 310 g/mol. The number of hydrogen-bond acceptors (Lipinski definition) is 4. The average Bonchev–Trinajstić information content (AvgIpc) is 2.46. The van der Waals surface area contributed by atoms with Crippen LogP contribution in [0.1, 0.15) is 19.8 Å². The first-order valence-electron chi connectivity index (χ1n) is 6.38. The molecule has 0 saturated carbocycles. The summed E-state index contributed by atoms with van der Waals surface area (Å²) in [6, 6.07) is 5.94. The van der Waals surface area contributed by atoms with E-state index in [2.05, 4.69) is 28.4 Å². The number of anilines is 1. The van der Waals surface area contributed by atoms with Crippen LogP contribution in [0.4, 0.5) is 11.4 Å². The van der Waals surface area contributed by atoms with Crippen molar-refractivity contribution in [2.45, 2.75) is 19.8 Å². The summed E-state index contributed by atoms with van der Waals surface area (Å²) in [6.07, 6.45) is 2.12. The van der Waals surface area contributed by atoms with Crippen LogP contribution in [0.5, 0.6) is 0 Å². The molecule has 1 aromatic rings. The number of nitrogens with zero attached hydrogens (tertiary/aromatic N) is 1. The quantitative estimate of drug-likeness (QED) is 0.283. The molecule has 0 saturated heterocycles. The van der Waals surface area contributed by atoms with E-state index in [9.17, 15) is 10.1 Å². The van der Waals surface area contributed by atoms with Gasteiger partial charge in [0, 0.05) is 24.4 Å². The van der Waals surface area contributed by atoms with E-state index < -0.39 is 4.92 Å². The maximum Gasteiger partial charge on any atom is 0.269 e. The molecule has 0 bridgehead atoms. The molecule has 0 aliphatic heterocycles. The number of non-ortho nitro benzene ring substituents is 1. The van der Waals surface area contributed by atoms with Gasteiger partial charge in [-0.3, -0.25) is 21.0 Å². The molecule has 0 radical (unpaired) electrons. The van der Waals surface area contributed by atoms with Crippen LogP contribution in [0.25, 0.3) is 0 Å². The van der Waals surface area contributed by atoms with Crippen LogP contribution in [0, 0.1) is 10.1 Å². The molecule has 0 aliphatic carbocycles. The summed E-state index contributed by atoms with van der Waals surface area (Å²) in [5, 5.41) is 17.2. The minimum Gasteiger partial charge on any atom is -0.361 e. The van der Waals surface area contributed by atoms with E-state index in [1.165, 1.54) is 12.1 Å². The van der Waals surface area contributed by atoms with Gasteiger partial charge in [-0.05, 0) is 43.0 Å². The molecule has 7 nitrogen and oxygen atoms in total. The highest BCUT2D eigenvalue weighted by molar-refractivity contribution is 7.80. The number of thiocarbonyl (C=S) groups is 2. The van der Waals surface area contributed by atoms with Gasteiger partial charge in [0.2, 0.25) is 0 Å². The van der Waals surface area contributed by atoms with Gasteiger partial charge in [-0.1, -0.05) is 13.3 Å². The van der Waals surface area contributed by atoms with Gasteiger partial charge in [0.25, 0.3) is 5.69 Å². The second-order valence-electron chi connectivity index (χ2n) is 4.12. The molecule has 0 amide bonds. The Morgan fingerprint density at radius 3 is 2.38 bits per heavy atom. The molecule has 1 aromatic carbocycles. The van der Waals surface area contributed by atoms with Gasteiger partial charge in [0.1, 0.15) is 0 Å². The Kier molecular flexibility index (Phi) is 7.33. The van der Waals surface area contributed by atoms with Gasteiger partial charge in [-0.2, -0.15) is 0 Å². The Morgan fingerprint density at radius 2 is 1.81 bits per heavy atom. The minimum absolute atomic E-state index is 0.0267. The molecule has 0 atom stereocenters. The van der Waals surface area contributed by atoms with Crippen LogP contribution in [-0.4, -0.2) is 21.7 Å².